The van der Waals surface area contributed by atoms with E-state index in [1.807, 2.05) is 87.5 Å². The Morgan fingerprint density at radius 2 is 1.56 bits per heavy atom. The van der Waals surface area contributed by atoms with Crippen LogP contribution < -0.4 is 16.6 Å². The summed E-state index contributed by atoms with van der Waals surface area (Å²) in [7, 11) is 0. The number of amides is 1. The number of aryl methyl sites for hydroxylation is 3. The van der Waals surface area contributed by atoms with Gasteiger partial charge in [0.05, 0.1) is 12.2 Å². The molecule has 3 aromatic carbocycles. The normalized spacial score (nSPS) is 10.8. The first kappa shape index (κ1) is 22.9. The average molecular weight is 455 g/mol. The van der Waals surface area contributed by atoms with Gasteiger partial charge in [0.25, 0.3) is 11.5 Å². The molecule has 4 rings (SSSR count). The number of aromatic nitrogens is 3. The van der Waals surface area contributed by atoms with Crippen molar-refractivity contribution >= 4 is 5.91 Å². The van der Waals surface area contributed by atoms with Gasteiger partial charge in [0.1, 0.15) is 0 Å². The zero-order valence-corrected chi connectivity index (χ0v) is 19.4. The Bertz CT molecular complexity index is 1470. The monoisotopic (exact) mass is 454 g/mol. The Morgan fingerprint density at radius 1 is 0.853 bits per heavy atom. The summed E-state index contributed by atoms with van der Waals surface area (Å²) in [6.45, 7) is 6.09. The molecule has 172 valence electrons. The first-order chi connectivity index (χ1) is 16.3. The fraction of sp³-hybridized carbons (Fsp3) is 0.185. The summed E-state index contributed by atoms with van der Waals surface area (Å²) < 4.78 is 2.20. The Kier molecular flexibility index (Phi) is 6.54. The smallest absolute Gasteiger partial charge is 0.346 e. The molecule has 7 heteroatoms. The zero-order chi connectivity index (χ0) is 24.2. The van der Waals surface area contributed by atoms with E-state index in [1.54, 1.807) is 6.07 Å². The standard InChI is InChI=1S/C27H26N4O3/c1-18-13-14-23(15-20(18)3)31-27(34)30(17-22-12-8-7-9-19(22)2)26(33)24(29-31)25(32)28-16-21-10-5-4-6-11-21/h4-15H,16-17H2,1-3H3,(H,28,32). The topological polar surface area (TPSA) is 86.0 Å². The summed E-state index contributed by atoms with van der Waals surface area (Å²) >= 11 is 0. The molecule has 4 aromatic rings. The minimum atomic E-state index is -0.723. The van der Waals surface area contributed by atoms with Crippen LogP contribution in [0.25, 0.3) is 5.69 Å². The van der Waals surface area contributed by atoms with Gasteiger partial charge >= 0.3 is 5.69 Å². The first-order valence-corrected chi connectivity index (χ1v) is 11.0. The lowest BCUT2D eigenvalue weighted by Crippen LogP contribution is -2.46. The molecular weight excluding hydrogens is 428 g/mol. The van der Waals surface area contributed by atoms with E-state index in [1.165, 1.54) is 0 Å². The number of carbonyl (C=O) groups excluding carboxylic acids is 1. The van der Waals surface area contributed by atoms with Crippen LogP contribution in [0, 0.1) is 20.8 Å². The molecule has 0 saturated heterocycles. The molecule has 0 aliphatic rings. The molecule has 0 fully saturated rings. The number of nitrogens with one attached hydrogen (secondary N) is 1. The van der Waals surface area contributed by atoms with Crippen LogP contribution >= 0.6 is 0 Å². The van der Waals surface area contributed by atoms with Crippen molar-refractivity contribution in [2.45, 2.75) is 33.9 Å². The molecule has 1 heterocycles. The molecular formula is C27H26N4O3. The Hall–Kier alpha value is -4.26. The summed E-state index contributed by atoms with van der Waals surface area (Å²) in [4.78, 5) is 39.7. The lowest BCUT2D eigenvalue weighted by Gasteiger charge is -2.14. The van der Waals surface area contributed by atoms with Crippen LogP contribution in [0.5, 0.6) is 0 Å². The summed E-state index contributed by atoms with van der Waals surface area (Å²) in [5, 5.41) is 6.96. The van der Waals surface area contributed by atoms with E-state index < -0.39 is 17.2 Å². The van der Waals surface area contributed by atoms with Gasteiger partial charge in [0.2, 0.25) is 5.69 Å². The van der Waals surface area contributed by atoms with Crippen LogP contribution in [-0.2, 0) is 13.1 Å². The molecule has 7 nitrogen and oxygen atoms in total. The van der Waals surface area contributed by atoms with Gasteiger partial charge in [-0.3, -0.25) is 14.2 Å². The third kappa shape index (κ3) is 4.73. The van der Waals surface area contributed by atoms with Crippen LogP contribution in [0.1, 0.15) is 38.3 Å². The highest BCUT2D eigenvalue weighted by Gasteiger charge is 2.21. The van der Waals surface area contributed by atoms with E-state index in [-0.39, 0.29) is 18.8 Å². The highest BCUT2D eigenvalue weighted by Crippen LogP contribution is 2.12. The fourth-order valence-corrected chi connectivity index (χ4v) is 3.64. The van der Waals surface area contributed by atoms with Gasteiger partial charge < -0.3 is 5.32 Å². The van der Waals surface area contributed by atoms with E-state index in [0.717, 1.165) is 37.1 Å². The number of hydrogen-bond donors (Lipinski definition) is 1. The van der Waals surface area contributed by atoms with E-state index in [9.17, 15) is 14.4 Å². The van der Waals surface area contributed by atoms with Crippen molar-refractivity contribution in [1.29, 1.82) is 0 Å². The van der Waals surface area contributed by atoms with Crippen LogP contribution in [0.4, 0.5) is 0 Å². The molecule has 0 saturated carbocycles. The molecule has 1 aromatic heterocycles. The Labute approximate surface area is 197 Å². The third-order valence-electron chi connectivity index (χ3n) is 5.90. The maximum Gasteiger partial charge on any atom is 0.352 e. The molecule has 1 N–H and O–H groups in total. The van der Waals surface area contributed by atoms with E-state index in [4.69, 9.17) is 0 Å². The molecule has 0 unspecified atom stereocenters. The average Bonchev–Trinajstić information content (AvgIpc) is 2.84. The molecule has 0 aliphatic carbocycles. The predicted molar refractivity (Wildman–Crippen MR) is 131 cm³/mol. The van der Waals surface area contributed by atoms with Crippen LogP contribution in [-0.4, -0.2) is 20.3 Å². The highest BCUT2D eigenvalue weighted by molar-refractivity contribution is 5.91. The Morgan fingerprint density at radius 3 is 2.26 bits per heavy atom. The van der Waals surface area contributed by atoms with E-state index in [0.29, 0.717) is 5.69 Å². The lowest BCUT2D eigenvalue weighted by atomic mass is 10.1. The summed E-state index contributed by atoms with van der Waals surface area (Å²) in [5.41, 5.74) is 3.51. The van der Waals surface area contributed by atoms with Crippen LogP contribution in [0.3, 0.4) is 0 Å². The fourth-order valence-electron chi connectivity index (χ4n) is 3.64. The van der Waals surface area contributed by atoms with Crippen molar-refractivity contribution in [3.63, 3.8) is 0 Å². The molecule has 1 amide bonds. The van der Waals surface area contributed by atoms with Gasteiger partial charge in [-0.05, 0) is 60.7 Å². The molecule has 0 bridgehead atoms. The lowest BCUT2D eigenvalue weighted by molar-refractivity contribution is 0.0941. The molecule has 34 heavy (non-hydrogen) atoms. The van der Waals surface area contributed by atoms with E-state index >= 15 is 0 Å². The van der Waals surface area contributed by atoms with Crippen molar-refractivity contribution in [3.05, 3.63) is 127 Å². The zero-order valence-electron chi connectivity index (χ0n) is 19.4. The number of carbonyl (C=O) groups is 1. The maximum atomic E-state index is 13.4. The van der Waals surface area contributed by atoms with Gasteiger partial charge in [-0.15, -0.1) is 0 Å². The molecule has 0 radical (unpaired) electrons. The van der Waals surface area contributed by atoms with Gasteiger partial charge in [0.15, 0.2) is 0 Å². The van der Waals surface area contributed by atoms with Crippen LogP contribution in [0.15, 0.2) is 82.4 Å². The summed E-state index contributed by atoms with van der Waals surface area (Å²) in [6.07, 6.45) is 0. The third-order valence-corrected chi connectivity index (χ3v) is 5.90. The van der Waals surface area contributed by atoms with Crippen molar-refractivity contribution in [1.82, 2.24) is 19.7 Å². The second-order valence-corrected chi connectivity index (χ2v) is 8.30. The van der Waals surface area contributed by atoms with E-state index in [2.05, 4.69) is 10.4 Å². The number of hydrogen-bond acceptors (Lipinski definition) is 4. The van der Waals surface area contributed by atoms with Crippen LogP contribution in [0.2, 0.25) is 0 Å². The second-order valence-electron chi connectivity index (χ2n) is 8.30. The highest BCUT2D eigenvalue weighted by atomic mass is 16.2. The van der Waals surface area contributed by atoms with Crippen molar-refractivity contribution in [3.8, 4) is 5.69 Å². The number of nitrogens with zero attached hydrogens (tertiary/aromatic N) is 3. The van der Waals surface area contributed by atoms with Crippen molar-refractivity contribution in [2.24, 2.45) is 0 Å². The minimum Gasteiger partial charge on any atom is -0.346 e. The van der Waals surface area contributed by atoms with Gasteiger partial charge in [0, 0.05) is 6.54 Å². The Balaban J connectivity index is 1.82. The second kappa shape index (κ2) is 9.70. The van der Waals surface area contributed by atoms with Gasteiger partial charge in [-0.1, -0.05) is 60.7 Å². The van der Waals surface area contributed by atoms with Crippen molar-refractivity contribution in [2.75, 3.05) is 0 Å². The summed E-state index contributed by atoms with van der Waals surface area (Å²) in [6, 6.07) is 22.3. The minimum absolute atomic E-state index is 0.0384. The van der Waals surface area contributed by atoms with Gasteiger partial charge in [-0.2, -0.15) is 9.78 Å². The predicted octanol–water partition coefficient (Wildman–Crippen LogP) is 3.30. The number of benzene rings is 3. The molecule has 0 spiro atoms. The molecule has 0 atom stereocenters. The SMILES string of the molecule is Cc1ccc(-n2nc(C(=O)NCc3ccccc3)c(=O)n(Cc3ccccc3C)c2=O)cc1C. The summed E-state index contributed by atoms with van der Waals surface area (Å²) in [5.74, 6) is -0.634. The van der Waals surface area contributed by atoms with Crippen molar-refractivity contribution < 1.29 is 4.79 Å². The maximum absolute atomic E-state index is 13.4. The van der Waals surface area contributed by atoms with Gasteiger partial charge in [-0.25, -0.2) is 4.79 Å². The first-order valence-electron chi connectivity index (χ1n) is 11.0. The quantitative estimate of drug-likeness (QED) is 0.484. The largest absolute Gasteiger partial charge is 0.352 e. The molecule has 0 aliphatic heterocycles. The number of rotatable bonds is 6.